The smallest absolute Gasteiger partial charge is 0.117 e. The molecule has 27 heavy (non-hydrogen) atoms. The van der Waals surface area contributed by atoms with Crippen molar-refractivity contribution < 1.29 is 17.0 Å². The lowest BCUT2D eigenvalue weighted by atomic mass is 10.4. The van der Waals surface area contributed by atoms with Crippen molar-refractivity contribution in [1.29, 1.82) is 0 Å². The average molecular weight is 518 g/mol. The van der Waals surface area contributed by atoms with E-state index in [1.54, 1.807) is 0 Å². The Balaban J connectivity index is 0.00000210. The molecule has 4 rings (SSSR count). The highest BCUT2D eigenvalue weighted by Crippen LogP contribution is 2.59. The molecule has 0 radical (unpaired) electrons. The van der Waals surface area contributed by atoms with Gasteiger partial charge in [-0.05, 0) is 63.8 Å². The topological polar surface area (TPSA) is 0 Å². The van der Waals surface area contributed by atoms with E-state index >= 15 is 0 Å². The minimum Gasteiger partial charge on any atom is -1.00 e. The maximum absolute atomic E-state index is 3.76. The van der Waals surface area contributed by atoms with Gasteiger partial charge in [-0.3, -0.25) is 0 Å². The Kier molecular flexibility index (Phi) is 7.05. The van der Waals surface area contributed by atoms with Crippen LogP contribution in [0.15, 0.2) is 107 Å². The Hall–Kier alpha value is -1.25. The normalized spacial score (nSPS) is 11.0. The molecule has 0 spiro atoms. The molecule has 4 aromatic rings. The predicted molar refractivity (Wildman–Crippen MR) is 121 cm³/mol. The van der Waals surface area contributed by atoms with Gasteiger partial charge in [-0.15, -0.1) is 11.3 Å². The highest BCUT2D eigenvalue weighted by molar-refractivity contribution is 9.10. The number of rotatable bonds is 5. The van der Waals surface area contributed by atoms with Gasteiger partial charge in [0.05, 0.1) is 4.88 Å². The van der Waals surface area contributed by atoms with Crippen molar-refractivity contribution in [2.45, 2.75) is 6.16 Å². The minimum absolute atomic E-state index is 0. The zero-order valence-electron chi connectivity index (χ0n) is 14.6. The van der Waals surface area contributed by atoms with E-state index in [0.717, 1.165) is 6.16 Å². The van der Waals surface area contributed by atoms with Crippen LogP contribution in [0.3, 0.4) is 0 Å². The molecule has 0 unspecified atom stereocenters. The summed E-state index contributed by atoms with van der Waals surface area (Å²) >= 11 is 5.61. The lowest BCUT2D eigenvalue weighted by Crippen LogP contribution is -3.00. The first-order valence-electron chi connectivity index (χ1n) is 8.57. The maximum atomic E-state index is 3.76. The summed E-state index contributed by atoms with van der Waals surface area (Å²) in [7, 11) is -1.79. The molecule has 0 N–H and O–H groups in total. The van der Waals surface area contributed by atoms with E-state index in [4.69, 9.17) is 0 Å². The molecule has 0 nitrogen and oxygen atoms in total. The van der Waals surface area contributed by atoms with Crippen molar-refractivity contribution >= 4 is 50.4 Å². The zero-order valence-corrected chi connectivity index (χ0v) is 19.5. The second-order valence-electron chi connectivity index (χ2n) is 6.17. The lowest BCUT2D eigenvalue weighted by molar-refractivity contribution is -0.00000482. The Morgan fingerprint density at radius 2 is 1.04 bits per heavy atom. The molecule has 0 saturated heterocycles. The van der Waals surface area contributed by atoms with Gasteiger partial charge in [0, 0.05) is 4.47 Å². The van der Waals surface area contributed by atoms with Crippen LogP contribution in [0.25, 0.3) is 0 Å². The summed E-state index contributed by atoms with van der Waals surface area (Å²) in [4.78, 5) is 1.41. The van der Waals surface area contributed by atoms with Crippen LogP contribution >= 0.6 is 34.5 Å². The molecule has 0 bridgehead atoms. The highest BCUT2D eigenvalue weighted by atomic mass is 79.9. The first-order valence-corrected chi connectivity index (χ1v) is 12.2. The number of benzene rings is 3. The Morgan fingerprint density at radius 1 is 0.630 bits per heavy atom. The third-order valence-corrected chi connectivity index (χ3v) is 11.1. The van der Waals surface area contributed by atoms with Crippen molar-refractivity contribution in [3.05, 3.63) is 112 Å². The zero-order chi connectivity index (χ0) is 17.8. The molecule has 0 amide bonds. The van der Waals surface area contributed by atoms with Crippen LogP contribution in [0.2, 0.25) is 0 Å². The van der Waals surface area contributed by atoms with Crippen molar-refractivity contribution in [2.24, 2.45) is 0 Å². The van der Waals surface area contributed by atoms with Crippen molar-refractivity contribution in [3.63, 3.8) is 0 Å². The van der Waals surface area contributed by atoms with E-state index in [2.05, 4.69) is 118 Å². The van der Waals surface area contributed by atoms with Gasteiger partial charge in [0.25, 0.3) is 0 Å². The Bertz CT molecular complexity index is 872. The summed E-state index contributed by atoms with van der Waals surface area (Å²) in [6, 6.07) is 35.3. The summed E-state index contributed by atoms with van der Waals surface area (Å²) in [5.41, 5.74) is 0. The largest absolute Gasteiger partial charge is 1.00 e. The van der Waals surface area contributed by atoms with Crippen molar-refractivity contribution in [2.75, 3.05) is 0 Å². The van der Waals surface area contributed by atoms with Gasteiger partial charge in [-0.1, -0.05) is 54.6 Å². The summed E-state index contributed by atoms with van der Waals surface area (Å²) in [5, 5.41) is 6.46. The van der Waals surface area contributed by atoms with Crippen LogP contribution < -0.4 is 32.9 Å². The van der Waals surface area contributed by atoms with E-state index in [1.165, 1.54) is 25.3 Å². The van der Waals surface area contributed by atoms with E-state index in [0.29, 0.717) is 0 Å². The van der Waals surface area contributed by atoms with Gasteiger partial charge in [0.1, 0.15) is 29.3 Å². The first kappa shape index (κ1) is 20.5. The number of hydrogen-bond donors (Lipinski definition) is 0. The molecular formula is C23H19Br2PS. The van der Waals surface area contributed by atoms with E-state index < -0.39 is 7.26 Å². The summed E-state index contributed by atoms with van der Waals surface area (Å²) in [6.07, 6.45) is 1.03. The SMILES string of the molecule is Brc1ccsc1C[P+](c1ccccc1)(c1ccccc1)c1ccccc1.[Br-]. The van der Waals surface area contributed by atoms with Gasteiger partial charge < -0.3 is 17.0 Å². The molecule has 136 valence electrons. The molecule has 4 heteroatoms. The van der Waals surface area contributed by atoms with E-state index in [9.17, 15) is 0 Å². The van der Waals surface area contributed by atoms with Gasteiger partial charge in [-0.2, -0.15) is 0 Å². The fourth-order valence-electron chi connectivity index (χ4n) is 3.42. The van der Waals surface area contributed by atoms with Gasteiger partial charge in [-0.25, -0.2) is 0 Å². The molecule has 0 atom stereocenters. The molecule has 0 saturated carbocycles. The lowest BCUT2D eigenvalue weighted by Gasteiger charge is -2.27. The maximum Gasteiger partial charge on any atom is 0.117 e. The minimum atomic E-state index is -1.79. The predicted octanol–water partition coefficient (Wildman–Crippen LogP) is 3.01. The van der Waals surface area contributed by atoms with Crippen LogP contribution in [0.5, 0.6) is 0 Å². The van der Waals surface area contributed by atoms with Crippen LogP contribution in [0, 0.1) is 0 Å². The third-order valence-electron chi connectivity index (χ3n) is 4.66. The van der Waals surface area contributed by atoms with Gasteiger partial charge >= 0.3 is 0 Å². The number of thiophene rings is 1. The Morgan fingerprint density at radius 3 is 1.37 bits per heavy atom. The second-order valence-corrected chi connectivity index (χ2v) is 11.5. The summed E-state index contributed by atoms with van der Waals surface area (Å²) < 4.78 is 1.22. The van der Waals surface area contributed by atoms with Crippen molar-refractivity contribution in [3.8, 4) is 0 Å². The average Bonchev–Trinajstić information content (AvgIpc) is 3.12. The van der Waals surface area contributed by atoms with Crippen LogP contribution in [-0.2, 0) is 6.16 Å². The van der Waals surface area contributed by atoms with Crippen LogP contribution in [0.1, 0.15) is 4.88 Å². The standard InChI is InChI=1S/C23H19BrPS.BrH/c24-22-16-17-26-23(22)18-25(19-10-4-1-5-11-19,20-12-6-2-7-13-20)21-14-8-3-9-15-21;/h1-17H,18H2;1H/q+1;/p-1. The monoisotopic (exact) mass is 516 g/mol. The van der Waals surface area contributed by atoms with Gasteiger partial charge in [0.2, 0.25) is 0 Å². The molecule has 0 aliphatic carbocycles. The molecule has 3 aromatic carbocycles. The van der Waals surface area contributed by atoms with Crippen LogP contribution in [0.4, 0.5) is 0 Å². The quantitative estimate of drug-likeness (QED) is 0.357. The van der Waals surface area contributed by atoms with Gasteiger partial charge in [0.15, 0.2) is 0 Å². The van der Waals surface area contributed by atoms with Crippen LogP contribution in [-0.4, -0.2) is 0 Å². The fourth-order valence-corrected chi connectivity index (χ4v) is 9.88. The number of halogens is 2. The summed E-state index contributed by atoms with van der Waals surface area (Å²) in [6.45, 7) is 0. The molecular weight excluding hydrogens is 499 g/mol. The summed E-state index contributed by atoms with van der Waals surface area (Å²) in [5.74, 6) is 0. The molecule has 0 aliphatic rings. The first-order chi connectivity index (χ1) is 12.8. The Labute approximate surface area is 184 Å². The molecule has 1 heterocycles. The third kappa shape index (κ3) is 4.12. The molecule has 0 fully saturated rings. The molecule has 1 aromatic heterocycles. The van der Waals surface area contributed by atoms with E-state index in [1.807, 2.05) is 11.3 Å². The fraction of sp³-hybridized carbons (Fsp3) is 0.0435. The second kappa shape index (κ2) is 9.30. The highest BCUT2D eigenvalue weighted by Gasteiger charge is 2.45. The van der Waals surface area contributed by atoms with Crippen molar-refractivity contribution in [1.82, 2.24) is 0 Å². The van der Waals surface area contributed by atoms with E-state index in [-0.39, 0.29) is 17.0 Å². The number of hydrogen-bond acceptors (Lipinski definition) is 1. The molecule has 0 aliphatic heterocycles.